The first-order valence-electron chi connectivity index (χ1n) is 6.99. The molecule has 10 heteroatoms. The van der Waals surface area contributed by atoms with Gasteiger partial charge in [0.2, 0.25) is 5.89 Å². The van der Waals surface area contributed by atoms with Crippen LogP contribution in [0.5, 0.6) is 0 Å². The first-order chi connectivity index (χ1) is 11.8. The normalized spacial score (nSPS) is 11.4. The van der Waals surface area contributed by atoms with Gasteiger partial charge < -0.3 is 4.42 Å². The van der Waals surface area contributed by atoms with Crippen molar-refractivity contribution < 1.29 is 17.6 Å². The van der Waals surface area contributed by atoms with E-state index in [1.54, 1.807) is 6.07 Å². The Bertz CT molecular complexity index is 1010. The lowest BCUT2D eigenvalue weighted by molar-refractivity contribution is 0.102. The molecule has 0 aliphatic rings. The van der Waals surface area contributed by atoms with Gasteiger partial charge in [0.1, 0.15) is 0 Å². The van der Waals surface area contributed by atoms with Gasteiger partial charge in [-0.2, -0.15) is 0 Å². The lowest BCUT2D eigenvalue weighted by atomic mass is 10.2. The molecule has 0 aliphatic carbocycles. The van der Waals surface area contributed by atoms with Crippen molar-refractivity contribution in [1.82, 2.24) is 10.2 Å². The average molecular weight is 398 g/mol. The van der Waals surface area contributed by atoms with Crippen LogP contribution in [-0.2, 0) is 16.3 Å². The molecule has 0 bridgehead atoms. The minimum Gasteiger partial charge on any atom is -0.407 e. The summed E-state index contributed by atoms with van der Waals surface area (Å²) in [6.45, 7) is 0. The molecule has 1 N–H and O–H groups in total. The average Bonchev–Trinajstić information content (AvgIpc) is 3.16. The van der Waals surface area contributed by atoms with Crippen LogP contribution in [0.25, 0.3) is 0 Å². The van der Waals surface area contributed by atoms with E-state index in [4.69, 9.17) is 16.0 Å². The second-order valence-corrected chi connectivity index (χ2v) is 8.95. The van der Waals surface area contributed by atoms with Crippen molar-refractivity contribution in [2.75, 3.05) is 11.6 Å². The third-order valence-corrected chi connectivity index (χ3v) is 5.55. The molecule has 0 spiro atoms. The number of benzene rings is 1. The minimum atomic E-state index is -3.31. The zero-order chi connectivity index (χ0) is 18.0. The van der Waals surface area contributed by atoms with Crippen molar-refractivity contribution in [3.05, 3.63) is 57.1 Å². The monoisotopic (exact) mass is 397 g/mol. The molecule has 0 radical (unpaired) electrons. The van der Waals surface area contributed by atoms with Crippen LogP contribution >= 0.6 is 22.9 Å². The number of aromatic nitrogens is 2. The fourth-order valence-corrected chi connectivity index (χ4v) is 3.70. The highest BCUT2D eigenvalue weighted by Crippen LogP contribution is 2.24. The van der Waals surface area contributed by atoms with Gasteiger partial charge in [-0.25, -0.2) is 8.42 Å². The van der Waals surface area contributed by atoms with E-state index in [-0.39, 0.29) is 16.5 Å². The van der Waals surface area contributed by atoms with Gasteiger partial charge in [-0.1, -0.05) is 16.7 Å². The number of thiophene rings is 1. The third kappa shape index (κ3) is 4.44. The molecule has 0 saturated carbocycles. The standard InChI is InChI=1S/C15H12ClN3O4S2/c1-25(21,22)11-5-2-9(3-6-11)14(20)17-15-19-18-13(23-15)8-10-4-7-12(16)24-10/h2-7H,8H2,1H3,(H,17,19,20). The molecule has 0 atom stereocenters. The van der Waals surface area contributed by atoms with Gasteiger partial charge >= 0.3 is 6.01 Å². The van der Waals surface area contributed by atoms with E-state index in [1.165, 1.54) is 35.6 Å². The highest BCUT2D eigenvalue weighted by Gasteiger charge is 2.14. The van der Waals surface area contributed by atoms with Crippen molar-refractivity contribution >= 4 is 44.7 Å². The van der Waals surface area contributed by atoms with Crippen LogP contribution in [0.15, 0.2) is 45.7 Å². The fraction of sp³-hybridized carbons (Fsp3) is 0.133. The number of hydrogen-bond donors (Lipinski definition) is 1. The van der Waals surface area contributed by atoms with Crippen LogP contribution in [0.2, 0.25) is 4.34 Å². The summed E-state index contributed by atoms with van der Waals surface area (Å²) in [5, 5.41) is 10.1. The molecule has 7 nitrogen and oxygen atoms in total. The Hall–Kier alpha value is -2.23. The van der Waals surface area contributed by atoms with Gasteiger partial charge in [-0.15, -0.1) is 16.4 Å². The van der Waals surface area contributed by atoms with Gasteiger partial charge in [0, 0.05) is 16.7 Å². The number of hydrogen-bond acceptors (Lipinski definition) is 7. The van der Waals surface area contributed by atoms with Crippen molar-refractivity contribution in [2.24, 2.45) is 0 Å². The van der Waals surface area contributed by atoms with E-state index in [0.717, 1.165) is 11.1 Å². The summed E-state index contributed by atoms with van der Waals surface area (Å²) in [5.41, 5.74) is 0.275. The number of halogens is 1. The van der Waals surface area contributed by atoms with Gasteiger partial charge in [0.05, 0.1) is 15.7 Å². The van der Waals surface area contributed by atoms with E-state index < -0.39 is 15.7 Å². The lowest BCUT2D eigenvalue weighted by Crippen LogP contribution is -2.12. The van der Waals surface area contributed by atoms with Gasteiger partial charge in [-0.3, -0.25) is 10.1 Å². The summed E-state index contributed by atoms with van der Waals surface area (Å²) >= 11 is 7.27. The zero-order valence-electron chi connectivity index (χ0n) is 12.9. The van der Waals surface area contributed by atoms with Crippen molar-refractivity contribution in [3.8, 4) is 0 Å². The number of amides is 1. The summed E-state index contributed by atoms with van der Waals surface area (Å²) < 4.78 is 28.9. The Morgan fingerprint density at radius 2 is 1.92 bits per heavy atom. The molecular weight excluding hydrogens is 386 g/mol. The molecule has 1 aromatic carbocycles. The van der Waals surface area contributed by atoms with Crippen LogP contribution < -0.4 is 5.32 Å². The Labute approximate surface area is 152 Å². The van der Waals surface area contributed by atoms with Crippen LogP contribution in [0.1, 0.15) is 21.1 Å². The topological polar surface area (TPSA) is 102 Å². The molecule has 1 amide bonds. The summed E-state index contributed by atoms with van der Waals surface area (Å²) in [4.78, 5) is 13.2. The number of anilines is 1. The minimum absolute atomic E-state index is 0.0326. The Kier molecular flexibility index (Phi) is 4.89. The van der Waals surface area contributed by atoms with Crippen LogP contribution in [0.4, 0.5) is 6.01 Å². The first-order valence-corrected chi connectivity index (χ1v) is 10.1. The number of sulfone groups is 1. The number of nitrogens with one attached hydrogen (secondary N) is 1. The molecule has 0 aliphatic heterocycles. The van der Waals surface area contributed by atoms with Crippen LogP contribution in [0.3, 0.4) is 0 Å². The summed E-state index contributed by atoms with van der Waals surface area (Å²) in [5.74, 6) is -0.129. The largest absolute Gasteiger partial charge is 0.407 e. The first kappa shape index (κ1) is 17.6. The number of rotatable bonds is 5. The van der Waals surface area contributed by atoms with Crippen LogP contribution in [0, 0.1) is 0 Å². The predicted octanol–water partition coefficient (Wildman–Crippen LogP) is 3.03. The smallest absolute Gasteiger partial charge is 0.322 e. The zero-order valence-corrected chi connectivity index (χ0v) is 15.3. The van der Waals surface area contributed by atoms with Crippen molar-refractivity contribution in [1.29, 1.82) is 0 Å². The highest BCUT2D eigenvalue weighted by molar-refractivity contribution is 7.90. The maximum atomic E-state index is 12.1. The predicted molar refractivity (Wildman–Crippen MR) is 93.9 cm³/mol. The quantitative estimate of drug-likeness (QED) is 0.709. The molecule has 0 fully saturated rings. The Balaban J connectivity index is 1.67. The third-order valence-electron chi connectivity index (χ3n) is 3.19. The van der Waals surface area contributed by atoms with E-state index in [2.05, 4.69) is 15.5 Å². The second-order valence-electron chi connectivity index (χ2n) is 5.13. The SMILES string of the molecule is CS(=O)(=O)c1ccc(C(=O)Nc2nnc(Cc3ccc(Cl)s3)o2)cc1. The molecule has 25 heavy (non-hydrogen) atoms. The number of carbonyl (C=O) groups excluding carboxylic acids is 1. The molecular formula is C15H12ClN3O4S2. The van der Waals surface area contributed by atoms with E-state index in [9.17, 15) is 13.2 Å². The van der Waals surface area contributed by atoms with E-state index >= 15 is 0 Å². The number of carbonyl (C=O) groups is 1. The Morgan fingerprint density at radius 3 is 2.52 bits per heavy atom. The molecule has 3 aromatic rings. The van der Waals surface area contributed by atoms with Gasteiger partial charge in [-0.05, 0) is 36.4 Å². The summed E-state index contributed by atoms with van der Waals surface area (Å²) in [7, 11) is -3.31. The van der Waals surface area contributed by atoms with Crippen molar-refractivity contribution in [2.45, 2.75) is 11.3 Å². The summed E-state index contributed by atoms with van der Waals surface area (Å²) in [6.07, 6.45) is 1.52. The van der Waals surface area contributed by atoms with E-state index in [0.29, 0.717) is 16.6 Å². The second kappa shape index (κ2) is 6.95. The molecule has 2 heterocycles. The molecule has 3 rings (SSSR count). The molecule has 0 unspecified atom stereocenters. The maximum absolute atomic E-state index is 12.1. The number of nitrogens with zero attached hydrogens (tertiary/aromatic N) is 2. The van der Waals surface area contributed by atoms with E-state index in [1.807, 2.05) is 6.07 Å². The Morgan fingerprint density at radius 1 is 1.20 bits per heavy atom. The molecule has 0 saturated heterocycles. The fourth-order valence-electron chi connectivity index (χ4n) is 1.99. The van der Waals surface area contributed by atoms with Gasteiger partial charge in [0.25, 0.3) is 5.91 Å². The highest BCUT2D eigenvalue weighted by atomic mass is 35.5. The van der Waals surface area contributed by atoms with Crippen LogP contribution in [-0.4, -0.2) is 30.8 Å². The van der Waals surface area contributed by atoms with Gasteiger partial charge in [0.15, 0.2) is 9.84 Å². The summed E-state index contributed by atoms with van der Waals surface area (Å²) in [6, 6.07) is 9.16. The molecule has 130 valence electrons. The lowest BCUT2D eigenvalue weighted by Gasteiger charge is -2.02. The molecule has 2 aromatic heterocycles. The maximum Gasteiger partial charge on any atom is 0.322 e. The van der Waals surface area contributed by atoms with Crippen molar-refractivity contribution in [3.63, 3.8) is 0 Å².